The van der Waals surface area contributed by atoms with Gasteiger partial charge in [-0.15, -0.1) is 11.6 Å². The zero-order chi connectivity index (χ0) is 13.8. The number of hydrogen-bond acceptors (Lipinski definition) is 2. The molecule has 1 heterocycles. The van der Waals surface area contributed by atoms with Gasteiger partial charge in [-0.3, -0.25) is 0 Å². The van der Waals surface area contributed by atoms with Crippen LogP contribution in [0.3, 0.4) is 0 Å². The molecule has 19 heavy (non-hydrogen) atoms. The Morgan fingerprint density at radius 1 is 1.26 bits per heavy atom. The van der Waals surface area contributed by atoms with Gasteiger partial charge in [0.25, 0.3) is 0 Å². The summed E-state index contributed by atoms with van der Waals surface area (Å²) >= 11 is 12.3. The van der Waals surface area contributed by atoms with E-state index in [0.29, 0.717) is 5.88 Å². The lowest BCUT2D eigenvalue weighted by atomic mass is 10.2. The normalized spacial score (nSPS) is 11.6. The summed E-state index contributed by atoms with van der Waals surface area (Å²) in [6, 6.07) is 5.81. The second kappa shape index (κ2) is 6.60. The first-order valence-electron chi connectivity index (χ1n) is 6.48. The second-order valence-electron chi connectivity index (χ2n) is 4.93. The van der Waals surface area contributed by atoms with Crippen LogP contribution >= 0.6 is 23.2 Å². The minimum atomic E-state index is 0.415. The highest BCUT2D eigenvalue weighted by atomic mass is 35.5. The van der Waals surface area contributed by atoms with Crippen molar-refractivity contribution in [1.82, 2.24) is 14.5 Å². The average molecular weight is 300 g/mol. The number of unbranched alkanes of at least 4 members (excludes halogenated alkanes) is 1. The van der Waals surface area contributed by atoms with E-state index < -0.39 is 0 Å². The molecule has 2 aromatic rings. The van der Waals surface area contributed by atoms with E-state index in [0.717, 1.165) is 47.8 Å². The van der Waals surface area contributed by atoms with Gasteiger partial charge in [0, 0.05) is 6.54 Å². The number of rotatable bonds is 6. The Morgan fingerprint density at radius 2 is 2.05 bits per heavy atom. The van der Waals surface area contributed by atoms with Crippen molar-refractivity contribution in [2.45, 2.75) is 25.3 Å². The first kappa shape index (κ1) is 14.6. The number of fused-ring (bicyclic) bond motifs is 1. The van der Waals surface area contributed by atoms with Gasteiger partial charge < -0.3 is 9.47 Å². The van der Waals surface area contributed by atoms with Crippen molar-refractivity contribution in [2.75, 3.05) is 20.6 Å². The minimum absolute atomic E-state index is 0.415. The summed E-state index contributed by atoms with van der Waals surface area (Å²) in [6.45, 7) is 2.01. The van der Waals surface area contributed by atoms with Crippen LogP contribution in [0.4, 0.5) is 0 Å². The molecule has 0 amide bonds. The van der Waals surface area contributed by atoms with E-state index in [1.165, 1.54) is 0 Å². The van der Waals surface area contributed by atoms with E-state index in [1.54, 1.807) is 0 Å². The first-order valence-corrected chi connectivity index (χ1v) is 7.39. The van der Waals surface area contributed by atoms with Crippen molar-refractivity contribution >= 4 is 34.2 Å². The molecule has 2 rings (SSSR count). The van der Waals surface area contributed by atoms with E-state index in [2.05, 4.69) is 28.5 Å². The summed E-state index contributed by atoms with van der Waals surface area (Å²) in [5.74, 6) is 1.31. The molecule has 0 radical (unpaired) electrons. The minimum Gasteiger partial charge on any atom is -0.326 e. The number of halogens is 2. The van der Waals surface area contributed by atoms with Crippen LogP contribution < -0.4 is 0 Å². The van der Waals surface area contributed by atoms with Crippen molar-refractivity contribution in [3.8, 4) is 0 Å². The molecule has 0 aliphatic heterocycles. The molecule has 0 fully saturated rings. The Hall–Kier alpha value is -0.770. The zero-order valence-electron chi connectivity index (χ0n) is 11.4. The van der Waals surface area contributed by atoms with E-state index in [4.69, 9.17) is 23.2 Å². The van der Waals surface area contributed by atoms with Crippen LogP contribution in [0.15, 0.2) is 18.2 Å². The molecule has 1 aromatic heterocycles. The second-order valence-corrected chi connectivity index (χ2v) is 5.61. The summed E-state index contributed by atoms with van der Waals surface area (Å²) in [7, 11) is 4.18. The number of nitrogens with zero attached hydrogens (tertiary/aromatic N) is 3. The SMILES string of the molecule is CN(C)CCCCn1c(CCl)nc2cccc(Cl)c21. The highest BCUT2D eigenvalue weighted by Crippen LogP contribution is 2.25. The monoisotopic (exact) mass is 299 g/mol. The fourth-order valence-electron chi connectivity index (χ4n) is 2.23. The number of para-hydroxylation sites is 1. The standard InChI is InChI=1S/C14H19Cl2N3/c1-18(2)8-3-4-9-19-13(10-15)17-12-7-5-6-11(16)14(12)19/h5-7H,3-4,8-10H2,1-2H3. The van der Waals surface area contributed by atoms with Crippen LogP contribution in [0.5, 0.6) is 0 Å². The number of imidazole rings is 1. The number of hydrogen-bond donors (Lipinski definition) is 0. The van der Waals surface area contributed by atoms with Crippen LogP contribution in [0.1, 0.15) is 18.7 Å². The molecule has 1 aromatic carbocycles. The van der Waals surface area contributed by atoms with Crippen LogP contribution in [-0.2, 0) is 12.4 Å². The fourth-order valence-corrected chi connectivity index (χ4v) is 2.71. The third kappa shape index (κ3) is 3.41. The highest BCUT2D eigenvalue weighted by molar-refractivity contribution is 6.35. The summed E-state index contributed by atoms with van der Waals surface area (Å²) in [6.07, 6.45) is 2.25. The third-order valence-electron chi connectivity index (χ3n) is 3.15. The van der Waals surface area contributed by atoms with Crippen molar-refractivity contribution < 1.29 is 0 Å². The van der Waals surface area contributed by atoms with E-state index in [-0.39, 0.29) is 0 Å². The van der Waals surface area contributed by atoms with Crippen molar-refractivity contribution in [3.63, 3.8) is 0 Å². The maximum Gasteiger partial charge on any atom is 0.124 e. The maximum atomic E-state index is 6.28. The number of aromatic nitrogens is 2. The predicted molar refractivity (Wildman–Crippen MR) is 82.1 cm³/mol. The molecule has 0 aliphatic rings. The van der Waals surface area contributed by atoms with Gasteiger partial charge in [-0.05, 0) is 45.6 Å². The molecule has 0 saturated carbocycles. The van der Waals surface area contributed by atoms with Crippen LogP contribution in [0.2, 0.25) is 5.02 Å². The summed E-state index contributed by atoms with van der Waals surface area (Å²) in [5, 5.41) is 0.744. The molecule has 0 unspecified atom stereocenters. The van der Waals surface area contributed by atoms with Crippen molar-refractivity contribution in [1.29, 1.82) is 0 Å². The van der Waals surface area contributed by atoms with Crippen molar-refractivity contribution in [3.05, 3.63) is 29.0 Å². The molecular formula is C14H19Cl2N3. The van der Waals surface area contributed by atoms with Gasteiger partial charge in [-0.25, -0.2) is 4.98 Å². The largest absolute Gasteiger partial charge is 0.326 e. The topological polar surface area (TPSA) is 21.1 Å². The van der Waals surface area contributed by atoms with Gasteiger partial charge in [0.15, 0.2) is 0 Å². The van der Waals surface area contributed by atoms with Gasteiger partial charge in [-0.1, -0.05) is 17.7 Å². The molecule has 0 spiro atoms. The lowest BCUT2D eigenvalue weighted by Gasteiger charge is -2.11. The third-order valence-corrected chi connectivity index (χ3v) is 3.70. The Morgan fingerprint density at radius 3 is 2.74 bits per heavy atom. The number of aryl methyl sites for hydroxylation is 1. The smallest absolute Gasteiger partial charge is 0.124 e. The van der Waals surface area contributed by atoms with Gasteiger partial charge in [0.05, 0.1) is 21.9 Å². The molecule has 5 heteroatoms. The van der Waals surface area contributed by atoms with E-state index >= 15 is 0 Å². The Kier molecular flexibility index (Phi) is 5.08. The molecule has 3 nitrogen and oxygen atoms in total. The van der Waals surface area contributed by atoms with Crippen LogP contribution in [-0.4, -0.2) is 35.1 Å². The Balaban J connectivity index is 2.20. The maximum absolute atomic E-state index is 6.28. The van der Waals surface area contributed by atoms with Crippen LogP contribution in [0.25, 0.3) is 11.0 Å². The quantitative estimate of drug-likeness (QED) is 0.598. The first-order chi connectivity index (χ1) is 9.13. The van der Waals surface area contributed by atoms with Crippen LogP contribution in [0, 0.1) is 0 Å². The van der Waals surface area contributed by atoms with Gasteiger partial charge in [0.2, 0.25) is 0 Å². The predicted octanol–water partition coefficient (Wildman–Crippen LogP) is 3.77. The van der Waals surface area contributed by atoms with E-state index in [1.807, 2.05) is 18.2 Å². The highest BCUT2D eigenvalue weighted by Gasteiger charge is 2.12. The lowest BCUT2D eigenvalue weighted by Crippen LogP contribution is -2.13. The molecule has 0 aliphatic carbocycles. The van der Waals surface area contributed by atoms with E-state index in [9.17, 15) is 0 Å². The average Bonchev–Trinajstić information content (AvgIpc) is 2.74. The summed E-state index contributed by atoms with van der Waals surface area (Å²) < 4.78 is 2.15. The van der Waals surface area contributed by atoms with Gasteiger partial charge in [-0.2, -0.15) is 0 Å². The molecule has 0 atom stereocenters. The molecule has 0 N–H and O–H groups in total. The number of benzene rings is 1. The Bertz CT molecular complexity index is 549. The summed E-state index contributed by atoms with van der Waals surface area (Å²) in [5.41, 5.74) is 1.93. The molecule has 0 saturated heterocycles. The molecule has 104 valence electrons. The Labute approximate surface area is 124 Å². The molecule has 0 bridgehead atoms. The van der Waals surface area contributed by atoms with Gasteiger partial charge in [0.1, 0.15) is 5.82 Å². The van der Waals surface area contributed by atoms with Gasteiger partial charge >= 0.3 is 0 Å². The number of alkyl halides is 1. The molecular weight excluding hydrogens is 281 g/mol. The summed E-state index contributed by atoms with van der Waals surface area (Å²) in [4.78, 5) is 6.74. The lowest BCUT2D eigenvalue weighted by molar-refractivity contribution is 0.388. The zero-order valence-corrected chi connectivity index (χ0v) is 12.9. The van der Waals surface area contributed by atoms with Crippen molar-refractivity contribution in [2.24, 2.45) is 0 Å². The fraction of sp³-hybridized carbons (Fsp3) is 0.500.